The lowest BCUT2D eigenvalue weighted by Gasteiger charge is -2.33. The summed E-state index contributed by atoms with van der Waals surface area (Å²) in [7, 11) is 0. The fraction of sp³-hybridized carbons (Fsp3) is 0.333. The maximum atomic E-state index is 12.9. The van der Waals surface area contributed by atoms with E-state index in [2.05, 4.69) is 16.6 Å². The highest BCUT2D eigenvalue weighted by Crippen LogP contribution is 2.50. The number of ether oxygens (including phenoxy) is 1. The largest absolute Gasteiger partial charge is 0.573 e. The molecule has 0 radical (unpaired) electrons. The number of hydrogen-bond acceptors (Lipinski definition) is 4. The Kier molecular flexibility index (Phi) is 6.47. The van der Waals surface area contributed by atoms with Crippen LogP contribution in [0.4, 0.5) is 18.9 Å². The minimum atomic E-state index is -4.95. The van der Waals surface area contributed by atoms with Gasteiger partial charge in [-0.2, -0.15) is 0 Å². The van der Waals surface area contributed by atoms with Crippen molar-refractivity contribution in [2.45, 2.75) is 51.5 Å². The highest BCUT2D eigenvalue weighted by molar-refractivity contribution is 6.02. The summed E-state index contributed by atoms with van der Waals surface area (Å²) in [5.41, 5.74) is 10.1. The van der Waals surface area contributed by atoms with Gasteiger partial charge in [-0.05, 0) is 97.6 Å². The molecule has 0 aromatic heterocycles. The fourth-order valence-electron chi connectivity index (χ4n) is 5.16. The van der Waals surface area contributed by atoms with Gasteiger partial charge in [-0.1, -0.05) is 24.3 Å². The molecule has 0 bridgehead atoms. The van der Waals surface area contributed by atoms with Gasteiger partial charge in [-0.15, -0.1) is 13.2 Å². The zero-order valence-corrected chi connectivity index (χ0v) is 20.0. The molecule has 0 saturated carbocycles. The SMILES string of the molecule is C=CC(=O)Nc1cc(-c2ccc(C(N)=O)c3c2C2=C(C3)CC(C(C)(C)O)CC2)ccc1OC(F)(F)F. The Bertz CT molecular complexity index is 1290. The van der Waals surface area contributed by atoms with Gasteiger partial charge in [0.05, 0.1) is 11.3 Å². The van der Waals surface area contributed by atoms with Gasteiger partial charge in [-0.25, -0.2) is 0 Å². The predicted octanol–water partition coefficient (Wildman–Crippen LogP) is 5.36. The molecule has 4 N–H and O–H groups in total. The molecule has 2 aliphatic carbocycles. The van der Waals surface area contributed by atoms with Gasteiger partial charge in [0.1, 0.15) is 0 Å². The second kappa shape index (κ2) is 9.13. The number of nitrogens with two attached hydrogens (primary N) is 1. The lowest BCUT2D eigenvalue weighted by molar-refractivity contribution is -0.274. The Hall–Kier alpha value is -3.59. The van der Waals surface area contributed by atoms with Crippen LogP contribution in [0.25, 0.3) is 16.7 Å². The summed E-state index contributed by atoms with van der Waals surface area (Å²) in [5.74, 6) is -1.75. The molecule has 2 aliphatic rings. The van der Waals surface area contributed by atoms with E-state index in [0.717, 1.165) is 40.8 Å². The molecule has 9 heteroatoms. The number of alkyl halides is 3. The summed E-state index contributed by atoms with van der Waals surface area (Å²) in [6.45, 7) is 6.91. The molecule has 0 aliphatic heterocycles. The molecule has 2 amide bonds. The zero-order valence-electron chi connectivity index (χ0n) is 20.0. The van der Waals surface area contributed by atoms with Crippen molar-refractivity contribution in [2.24, 2.45) is 11.7 Å². The highest BCUT2D eigenvalue weighted by atomic mass is 19.4. The summed E-state index contributed by atoms with van der Waals surface area (Å²) in [4.78, 5) is 24.1. The number of amides is 2. The maximum Gasteiger partial charge on any atom is 0.573 e. The average Bonchev–Trinajstić information content (AvgIpc) is 3.16. The Morgan fingerprint density at radius 1 is 1.22 bits per heavy atom. The third kappa shape index (κ3) is 5.02. The van der Waals surface area contributed by atoms with Crippen molar-refractivity contribution in [2.75, 3.05) is 5.32 Å². The quantitative estimate of drug-likeness (QED) is 0.465. The van der Waals surface area contributed by atoms with Crippen molar-refractivity contribution in [3.05, 3.63) is 65.3 Å². The Labute approximate surface area is 206 Å². The van der Waals surface area contributed by atoms with Crippen molar-refractivity contribution in [3.63, 3.8) is 0 Å². The van der Waals surface area contributed by atoms with Gasteiger partial charge >= 0.3 is 6.36 Å². The van der Waals surface area contributed by atoms with E-state index in [-0.39, 0.29) is 11.6 Å². The van der Waals surface area contributed by atoms with Crippen molar-refractivity contribution >= 4 is 23.1 Å². The number of aliphatic hydroxyl groups is 1. The third-order valence-corrected chi connectivity index (χ3v) is 6.89. The number of rotatable bonds is 6. The molecule has 36 heavy (non-hydrogen) atoms. The van der Waals surface area contributed by atoms with Gasteiger partial charge in [0.15, 0.2) is 5.75 Å². The molecular weight excluding hydrogens is 473 g/mol. The monoisotopic (exact) mass is 500 g/mol. The van der Waals surface area contributed by atoms with Gasteiger partial charge in [-0.3, -0.25) is 9.59 Å². The van der Waals surface area contributed by atoms with Crippen molar-refractivity contribution in [1.82, 2.24) is 0 Å². The topological polar surface area (TPSA) is 102 Å². The predicted molar refractivity (Wildman–Crippen MR) is 130 cm³/mol. The Morgan fingerprint density at radius 3 is 2.56 bits per heavy atom. The van der Waals surface area contributed by atoms with Crippen LogP contribution >= 0.6 is 0 Å². The summed E-state index contributed by atoms with van der Waals surface area (Å²) >= 11 is 0. The normalized spacial score (nSPS) is 17.3. The van der Waals surface area contributed by atoms with Crippen LogP contribution in [-0.2, 0) is 11.2 Å². The minimum Gasteiger partial charge on any atom is -0.404 e. The van der Waals surface area contributed by atoms with Crippen LogP contribution < -0.4 is 15.8 Å². The molecule has 0 fully saturated rings. The number of carbonyl (C=O) groups is 2. The minimum absolute atomic E-state index is 0.0607. The van der Waals surface area contributed by atoms with E-state index in [0.29, 0.717) is 36.0 Å². The number of hydrogen-bond donors (Lipinski definition) is 3. The summed E-state index contributed by atoms with van der Waals surface area (Å²) in [5, 5.41) is 12.9. The molecule has 190 valence electrons. The standard InChI is InChI=1S/C27H27F3N2O4/c1-4-23(33)32-21-13-14(5-10-22(21)36-27(28,29)30)17-8-9-19(25(31)34)20-12-15-11-16(26(2,3)35)6-7-18(15)24(17)20/h4-5,8-10,13,16,35H,1,6-7,11-12H2,2-3H3,(H2,31,34)(H,32,33). The van der Waals surface area contributed by atoms with Crippen molar-refractivity contribution in [3.8, 4) is 16.9 Å². The number of halogens is 3. The number of nitrogens with one attached hydrogen (secondary N) is 1. The van der Waals surface area contributed by atoms with Crippen LogP contribution in [0.1, 0.15) is 54.6 Å². The molecule has 0 spiro atoms. The maximum absolute atomic E-state index is 12.9. The van der Waals surface area contributed by atoms with Crippen LogP contribution in [0.2, 0.25) is 0 Å². The number of allylic oxidation sites excluding steroid dienone is 2. The molecule has 0 saturated heterocycles. The number of carbonyl (C=O) groups excluding carboxylic acids is 2. The smallest absolute Gasteiger partial charge is 0.404 e. The van der Waals surface area contributed by atoms with Gasteiger partial charge in [0, 0.05) is 5.56 Å². The molecule has 1 atom stereocenters. The van der Waals surface area contributed by atoms with E-state index in [4.69, 9.17) is 5.73 Å². The Morgan fingerprint density at radius 2 is 1.94 bits per heavy atom. The summed E-state index contributed by atoms with van der Waals surface area (Å²) in [6.07, 6.45) is -1.38. The number of anilines is 1. The van der Waals surface area contributed by atoms with Crippen LogP contribution in [0.5, 0.6) is 5.75 Å². The first-order valence-electron chi connectivity index (χ1n) is 11.5. The van der Waals surface area contributed by atoms with Crippen molar-refractivity contribution in [1.29, 1.82) is 0 Å². The van der Waals surface area contributed by atoms with Crippen LogP contribution in [0.15, 0.2) is 48.6 Å². The van der Waals surface area contributed by atoms with Crippen molar-refractivity contribution < 1.29 is 32.6 Å². The molecule has 2 aromatic carbocycles. The summed E-state index contributed by atoms with van der Waals surface area (Å²) in [6, 6.07) is 7.36. The first-order chi connectivity index (χ1) is 16.8. The molecule has 6 nitrogen and oxygen atoms in total. The molecule has 4 rings (SSSR count). The Balaban J connectivity index is 1.85. The number of benzene rings is 2. The average molecular weight is 501 g/mol. The number of primary amides is 1. The van der Waals surface area contributed by atoms with Crippen LogP contribution in [0, 0.1) is 5.92 Å². The van der Waals surface area contributed by atoms with Crippen LogP contribution in [0.3, 0.4) is 0 Å². The fourth-order valence-corrected chi connectivity index (χ4v) is 5.16. The van der Waals surface area contributed by atoms with Gasteiger partial charge < -0.3 is 20.9 Å². The van der Waals surface area contributed by atoms with E-state index in [9.17, 15) is 27.9 Å². The first-order valence-corrected chi connectivity index (χ1v) is 11.5. The first kappa shape index (κ1) is 25.5. The van der Waals surface area contributed by atoms with Gasteiger partial charge in [0.2, 0.25) is 11.8 Å². The van der Waals surface area contributed by atoms with E-state index in [1.165, 1.54) is 12.1 Å². The third-order valence-electron chi connectivity index (χ3n) is 6.89. The van der Waals surface area contributed by atoms with E-state index in [1.807, 2.05) is 0 Å². The van der Waals surface area contributed by atoms with Gasteiger partial charge in [0.25, 0.3) is 0 Å². The number of fused-ring (bicyclic) bond motifs is 2. The van der Waals surface area contributed by atoms with E-state index < -0.39 is 29.5 Å². The van der Waals surface area contributed by atoms with Crippen LogP contribution in [-0.4, -0.2) is 28.9 Å². The van der Waals surface area contributed by atoms with E-state index in [1.54, 1.807) is 26.0 Å². The molecule has 1 unspecified atom stereocenters. The highest BCUT2D eigenvalue weighted by Gasteiger charge is 2.37. The molecule has 0 heterocycles. The molecule has 2 aromatic rings. The zero-order chi connectivity index (χ0) is 26.4. The lowest BCUT2D eigenvalue weighted by atomic mass is 9.76. The molecular formula is C27H27F3N2O4. The summed E-state index contributed by atoms with van der Waals surface area (Å²) < 4.78 is 42.9. The second-order valence-electron chi connectivity index (χ2n) is 9.68. The lowest BCUT2D eigenvalue weighted by Crippen LogP contribution is -2.32. The van der Waals surface area contributed by atoms with E-state index >= 15 is 0 Å². The second-order valence-corrected chi connectivity index (χ2v) is 9.68.